The summed E-state index contributed by atoms with van der Waals surface area (Å²) >= 11 is 0. The van der Waals surface area contributed by atoms with Crippen molar-refractivity contribution < 1.29 is 27.4 Å². The molecule has 7 nitrogen and oxygen atoms in total. The van der Waals surface area contributed by atoms with E-state index in [1.54, 1.807) is 12.1 Å². The van der Waals surface area contributed by atoms with Crippen LogP contribution in [-0.4, -0.2) is 35.7 Å². The summed E-state index contributed by atoms with van der Waals surface area (Å²) in [6.07, 6.45) is 0.802. The lowest BCUT2D eigenvalue weighted by molar-refractivity contribution is 0.0601. The number of ether oxygens (including phenoxy) is 3. The van der Waals surface area contributed by atoms with E-state index < -0.39 is 16.0 Å². The van der Waals surface area contributed by atoms with Crippen molar-refractivity contribution in [3.05, 3.63) is 47.5 Å². The molecule has 0 bridgehead atoms. The van der Waals surface area contributed by atoms with Crippen LogP contribution in [-0.2, 0) is 21.2 Å². The Bertz CT molecular complexity index is 891. The third-order valence-electron chi connectivity index (χ3n) is 3.82. The number of benzene rings is 2. The summed E-state index contributed by atoms with van der Waals surface area (Å²) in [5.41, 5.74) is 1.07. The summed E-state index contributed by atoms with van der Waals surface area (Å²) in [5, 5.41) is 0. The molecule has 0 amide bonds. The number of nitrogens with one attached hydrogen (secondary N) is 1. The molecule has 2 aromatic carbocycles. The van der Waals surface area contributed by atoms with Gasteiger partial charge in [-0.3, -0.25) is 4.72 Å². The molecule has 0 fully saturated rings. The van der Waals surface area contributed by atoms with Gasteiger partial charge in [0.25, 0.3) is 10.0 Å². The number of hydrogen-bond donors (Lipinski definition) is 1. The largest absolute Gasteiger partial charge is 0.493 e. The Morgan fingerprint density at radius 3 is 2.08 bits per heavy atom. The van der Waals surface area contributed by atoms with Crippen LogP contribution >= 0.6 is 0 Å². The molecule has 0 aromatic heterocycles. The van der Waals surface area contributed by atoms with Gasteiger partial charge in [-0.1, -0.05) is 19.1 Å². The average molecular weight is 379 g/mol. The fourth-order valence-corrected chi connectivity index (χ4v) is 3.42. The van der Waals surface area contributed by atoms with Crippen molar-refractivity contribution in [2.24, 2.45) is 0 Å². The Balaban J connectivity index is 2.50. The quantitative estimate of drug-likeness (QED) is 0.744. The first kappa shape index (κ1) is 19.6. The lowest BCUT2D eigenvalue weighted by Crippen LogP contribution is -2.16. The molecule has 1 N–H and O–H groups in total. The van der Waals surface area contributed by atoms with Gasteiger partial charge in [0.1, 0.15) is 0 Å². The van der Waals surface area contributed by atoms with E-state index >= 15 is 0 Å². The Morgan fingerprint density at radius 1 is 1.00 bits per heavy atom. The van der Waals surface area contributed by atoms with E-state index in [-0.39, 0.29) is 27.6 Å². The van der Waals surface area contributed by atoms with Gasteiger partial charge < -0.3 is 14.2 Å². The molecule has 0 unspecified atom stereocenters. The van der Waals surface area contributed by atoms with Crippen LogP contribution in [0, 0.1) is 0 Å². The Morgan fingerprint density at radius 2 is 1.58 bits per heavy atom. The average Bonchev–Trinajstić information content (AvgIpc) is 2.66. The van der Waals surface area contributed by atoms with Crippen LogP contribution in [0.1, 0.15) is 22.8 Å². The molecule has 0 aliphatic rings. The minimum Gasteiger partial charge on any atom is -0.493 e. The lowest BCUT2D eigenvalue weighted by Gasteiger charge is -2.15. The smallest absolute Gasteiger partial charge is 0.340 e. The number of carbonyl (C=O) groups is 1. The number of esters is 1. The molecule has 0 saturated carbocycles. The predicted molar refractivity (Wildman–Crippen MR) is 97.5 cm³/mol. The van der Waals surface area contributed by atoms with Gasteiger partial charge in [0, 0.05) is 12.1 Å². The molecular weight excluding hydrogens is 358 g/mol. The van der Waals surface area contributed by atoms with E-state index in [2.05, 4.69) is 4.72 Å². The van der Waals surface area contributed by atoms with Crippen LogP contribution in [0.15, 0.2) is 41.3 Å². The van der Waals surface area contributed by atoms with E-state index in [4.69, 9.17) is 14.2 Å². The highest BCUT2D eigenvalue weighted by atomic mass is 32.2. The Kier molecular flexibility index (Phi) is 6.10. The van der Waals surface area contributed by atoms with Crippen LogP contribution in [0.2, 0.25) is 0 Å². The van der Waals surface area contributed by atoms with Gasteiger partial charge in [-0.25, -0.2) is 13.2 Å². The van der Waals surface area contributed by atoms with E-state index in [0.29, 0.717) is 0 Å². The van der Waals surface area contributed by atoms with Gasteiger partial charge in [0.05, 0.1) is 37.5 Å². The number of hydrogen-bond acceptors (Lipinski definition) is 6. The summed E-state index contributed by atoms with van der Waals surface area (Å²) in [6, 6.07) is 9.25. The molecular formula is C18H21NO6S. The van der Waals surface area contributed by atoms with Crippen LogP contribution in [0.4, 0.5) is 5.69 Å². The van der Waals surface area contributed by atoms with Crippen molar-refractivity contribution in [3.8, 4) is 11.5 Å². The summed E-state index contributed by atoms with van der Waals surface area (Å²) in [5.74, 6) is -0.146. The first-order chi connectivity index (χ1) is 12.4. The van der Waals surface area contributed by atoms with Gasteiger partial charge in [-0.15, -0.1) is 0 Å². The maximum atomic E-state index is 12.7. The number of carbonyl (C=O) groups excluding carboxylic acids is 1. The highest BCUT2D eigenvalue weighted by Crippen LogP contribution is 2.34. The van der Waals surface area contributed by atoms with Crippen molar-refractivity contribution in [3.63, 3.8) is 0 Å². The molecule has 8 heteroatoms. The van der Waals surface area contributed by atoms with E-state index in [1.165, 1.54) is 45.6 Å². The summed E-state index contributed by atoms with van der Waals surface area (Å²) in [6.45, 7) is 1.98. The summed E-state index contributed by atoms with van der Waals surface area (Å²) in [4.78, 5) is 12.1. The van der Waals surface area contributed by atoms with Crippen molar-refractivity contribution >= 4 is 21.7 Å². The maximum Gasteiger partial charge on any atom is 0.340 e. The van der Waals surface area contributed by atoms with Crippen LogP contribution in [0.25, 0.3) is 0 Å². The predicted octanol–water partition coefficient (Wildman–Crippen LogP) is 2.85. The van der Waals surface area contributed by atoms with Crippen molar-refractivity contribution in [1.29, 1.82) is 0 Å². The highest BCUT2D eigenvalue weighted by Gasteiger charge is 2.22. The maximum absolute atomic E-state index is 12.7. The normalized spacial score (nSPS) is 10.9. The first-order valence-corrected chi connectivity index (χ1v) is 9.30. The van der Waals surface area contributed by atoms with E-state index in [1.807, 2.05) is 6.92 Å². The van der Waals surface area contributed by atoms with Crippen LogP contribution in [0.5, 0.6) is 11.5 Å². The molecule has 26 heavy (non-hydrogen) atoms. The minimum atomic E-state index is -3.90. The van der Waals surface area contributed by atoms with Gasteiger partial charge in [0.2, 0.25) is 0 Å². The molecule has 0 radical (unpaired) electrons. The molecule has 0 spiro atoms. The fourth-order valence-electron chi connectivity index (χ4n) is 2.35. The standard InChI is InChI=1S/C18H21NO6S/c1-5-12-6-8-13(9-7-12)26(21,22)19-15-11-17(24-3)16(23-2)10-14(15)18(20)25-4/h6-11,19H,5H2,1-4H3. The van der Waals surface area contributed by atoms with Gasteiger partial charge in [0.15, 0.2) is 11.5 Å². The summed E-state index contributed by atoms with van der Waals surface area (Å²) in [7, 11) is 0.137. The van der Waals surface area contributed by atoms with Crippen molar-refractivity contribution in [2.45, 2.75) is 18.2 Å². The number of rotatable bonds is 7. The zero-order chi connectivity index (χ0) is 19.3. The second-order valence-electron chi connectivity index (χ2n) is 5.35. The molecule has 2 aromatic rings. The Hall–Kier alpha value is -2.74. The SMILES string of the molecule is CCc1ccc(S(=O)(=O)Nc2cc(OC)c(OC)cc2C(=O)OC)cc1. The van der Waals surface area contributed by atoms with Gasteiger partial charge >= 0.3 is 5.97 Å². The molecule has 0 aliphatic carbocycles. The monoisotopic (exact) mass is 379 g/mol. The molecule has 2 rings (SSSR count). The second kappa shape index (κ2) is 8.09. The minimum absolute atomic E-state index is 0.0129. The second-order valence-corrected chi connectivity index (χ2v) is 7.03. The molecule has 0 heterocycles. The van der Waals surface area contributed by atoms with Crippen LogP contribution in [0.3, 0.4) is 0 Å². The fraction of sp³-hybridized carbons (Fsp3) is 0.278. The summed E-state index contributed by atoms with van der Waals surface area (Å²) < 4.78 is 42.9. The topological polar surface area (TPSA) is 90.9 Å². The van der Waals surface area contributed by atoms with E-state index in [9.17, 15) is 13.2 Å². The van der Waals surface area contributed by atoms with Crippen molar-refractivity contribution in [1.82, 2.24) is 0 Å². The Labute approximate surface area is 152 Å². The number of aryl methyl sites for hydroxylation is 1. The number of sulfonamides is 1. The molecule has 0 saturated heterocycles. The highest BCUT2D eigenvalue weighted by molar-refractivity contribution is 7.92. The zero-order valence-electron chi connectivity index (χ0n) is 15.0. The molecule has 0 aliphatic heterocycles. The van der Waals surface area contributed by atoms with Crippen molar-refractivity contribution in [2.75, 3.05) is 26.1 Å². The van der Waals surface area contributed by atoms with Gasteiger partial charge in [-0.2, -0.15) is 0 Å². The van der Waals surface area contributed by atoms with E-state index in [0.717, 1.165) is 12.0 Å². The lowest BCUT2D eigenvalue weighted by atomic mass is 10.1. The van der Waals surface area contributed by atoms with Gasteiger partial charge in [-0.05, 0) is 24.1 Å². The molecule has 0 atom stereocenters. The zero-order valence-corrected chi connectivity index (χ0v) is 15.8. The van der Waals surface area contributed by atoms with Crippen LogP contribution < -0.4 is 14.2 Å². The third-order valence-corrected chi connectivity index (χ3v) is 5.20. The third kappa shape index (κ3) is 4.08. The number of anilines is 1. The number of methoxy groups -OCH3 is 3. The first-order valence-electron chi connectivity index (χ1n) is 7.82. The molecule has 140 valence electrons.